The summed E-state index contributed by atoms with van der Waals surface area (Å²) in [6.45, 7) is 8.16. The first-order chi connectivity index (χ1) is 5.50. The first-order valence-corrected chi connectivity index (χ1v) is 4.89. The third-order valence-corrected chi connectivity index (χ3v) is 2.56. The highest BCUT2D eigenvalue weighted by molar-refractivity contribution is 4.80. The molecule has 0 spiro atoms. The lowest BCUT2D eigenvalue weighted by Gasteiger charge is -2.35. The van der Waals surface area contributed by atoms with E-state index in [9.17, 15) is 4.39 Å². The van der Waals surface area contributed by atoms with E-state index in [4.69, 9.17) is 0 Å². The van der Waals surface area contributed by atoms with Gasteiger partial charge < -0.3 is 0 Å². The molecule has 2 heteroatoms. The lowest BCUT2D eigenvalue weighted by atomic mass is 10.1. The summed E-state index contributed by atoms with van der Waals surface area (Å²) >= 11 is 0. The maximum atomic E-state index is 13.2. The largest absolute Gasteiger partial charge is 0.296 e. The van der Waals surface area contributed by atoms with Crippen LogP contribution in [0.4, 0.5) is 4.39 Å². The van der Waals surface area contributed by atoms with E-state index in [1.165, 1.54) is 0 Å². The number of hydrogen-bond acceptors (Lipinski definition) is 1. The molecule has 0 aromatic carbocycles. The average molecular weight is 173 g/mol. The Morgan fingerprint density at radius 2 is 1.92 bits per heavy atom. The average Bonchev–Trinajstić information content (AvgIpc) is 2.11. The fourth-order valence-corrected chi connectivity index (χ4v) is 1.70. The third kappa shape index (κ3) is 2.74. The molecule has 0 N–H and O–H groups in total. The summed E-state index contributed by atoms with van der Waals surface area (Å²) in [6.07, 6.45) is 2.35. The van der Waals surface area contributed by atoms with Gasteiger partial charge in [-0.05, 0) is 46.6 Å². The molecule has 1 atom stereocenters. The minimum atomic E-state index is -0.605. The summed E-state index contributed by atoms with van der Waals surface area (Å²) in [6, 6.07) is 0. The van der Waals surface area contributed by atoms with E-state index in [1.54, 1.807) is 0 Å². The van der Waals surface area contributed by atoms with Crippen molar-refractivity contribution in [3.8, 4) is 0 Å². The van der Waals surface area contributed by atoms with Crippen molar-refractivity contribution in [2.24, 2.45) is 0 Å². The number of alkyl halides is 1. The number of hydrogen-bond donors (Lipinski definition) is 0. The maximum absolute atomic E-state index is 13.2. The van der Waals surface area contributed by atoms with Crippen LogP contribution in [0.2, 0.25) is 0 Å². The Kier molecular flexibility index (Phi) is 3.10. The minimum absolute atomic E-state index is 0.134. The third-order valence-electron chi connectivity index (χ3n) is 2.56. The van der Waals surface area contributed by atoms with Crippen LogP contribution in [0, 0.1) is 0 Å². The van der Waals surface area contributed by atoms with E-state index >= 15 is 0 Å². The highest BCUT2D eigenvalue weighted by Crippen LogP contribution is 2.20. The Bertz CT molecular complexity index is 139. The first-order valence-electron chi connectivity index (χ1n) is 4.89. The normalized spacial score (nSPS) is 28.5. The van der Waals surface area contributed by atoms with Gasteiger partial charge in [0, 0.05) is 12.1 Å². The topological polar surface area (TPSA) is 3.24 Å². The van der Waals surface area contributed by atoms with E-state index in [2.05, 4.69) is 25.7 Å². The Morgan fingerprint density at radius 1 is 1.25 bits per heavy atom. The summed E-state index contributed by atoms with van der Waals surface area (Å²) < 4.78 is 13.2. The standard InChI is InChI=1S/C10H20FN/c1-10(2,3)12-7-5-4-6-9(11)8-12/h9H,4-8H2,1-3H3. The van der Waals surface area contributed by atoms with Crippen molar-refractivity contribution in [1.82, 2.24) is 4.90 Å². The number of halogens is 1. The molecule has 1 aliphatic heterocycles. The van der Waals surface area contributed by atoms with Crippen molar-refractivity contribution in [3.05, 3.63) is 0 Å². The van der Waals surface area contributed by atoms with Gasteiger partial charge in [0.05, 0.1) is 0 Å². The van der Waals surface area contributed by atoms with E-state index in [0.717, 1.165) is 25.8 Å². The molecule has 1 nitrogen and oxygen atoms in total. The van der Waals surface area contributed by atoms with Crippen LogP contribution in [0.1, 0.15) is 40.0 Å². The van der Waals surface area contributed by atoms with Crippen molar-refractivity contribution >= 4 is 0 Å². The van der Waals surface area contributed by atoms with E-state index in [1.807, 2.05) is 0 Å². The molecule has 1 aliphatic rings. The van der Waals surface area contributed by atoms with Crippen LogP contribution in [0.3, 0.4) is 0 Å². The highest BCUT2D eigenvalue weighted by Gasteiger charge is 2.25. The first kappa shape index (κ1) is 9.97. The minimum Gasteiger partial charge on any atom is -0.296 e. The molecule has 12 heavy (non-hydrogen) atoms. The van der Waals surface area contributed by atoms with Gasteiger partial charge in [-0.3, -0.25) is 4.90 Å². The summed E-state index contributed by atoms with van der Waals surface area (Å²) in [5, 5.41) is 0. The van der Waals surface area contributed by atoms with E-state index in [-0.39, 0.29) is 5.54 Å². The fourth-order valence-electron chi connectivity index (χ4n) is 1.70. The van der Waals surface area contributed by atoms with Crippen LogP contribution in [-0.2, 0) is 0 Å². The van der Waals surface area contributed by atoms with Gasteiger partial charge in [-0.15, -0.1) is 0 Å². The van der Waals surface area contributed by atoms with Gasteiger partial charge in [0.25, 0.3) is 0 Å². The van der Waals surface area contributed by atoms with Gasteiger partial charge in [-0.2, -0.15) is 0 Å². The van der Waals surface area contributed by atoms with Crippen molar-refractivity contribution < 1.29 is 4.39 Å². The molecule has 1 saturated heterocycles. The molecule has 0 bridgehead atoms. The van der Waals surface area contributed by atoms with Crippen LogP contribution >= 0.6 is 0 Å². The maximum Gasteiger partial charge on any atom is 0.113 e. The van der Waals surface area contributed by atoms with Gasteiger partial charge in [-0.25, -0.2) is 4.39 Å². The van der Waals surface area contributed by atoms with E-state index < -0.39 is 6.17 Å². The lowest BCUT2D eigenvalue weighted by molar-refractivity contribution is 0.110. The van der Waals surface area contributed by atoms with E-state index in [0.29, 0.717) is 6.54 Å². The second kappa shape index (κ2) is 3.73. The molecule has 0 radical (unpaired) electrons. The number of nitrogens with zero attached hydrogens (tertiary/aromatic N) is 1. The summed E-state index contributed by atoms with van der Waals surface area (Å²) in [4.78, 5) is 2.25. The molecule has 72 valence electrons. The van der Waals surface area contributed by atoms with Crippen LogP contribution in [-0.4, -0.2) is 29.7 Å². The summed E-state index contributed by atoms with van der Waals surface area (Å²) in [7, 11) is 0. The number of likely N-dealkylation sites (tertiary alicyclic amines) is 1. The zero-order chi connectivity index (χ0) is 9.19. The predicted octanol–water partition coefficient (Wildman–Crippen LogP) is 2.61. The molecular formula is C10H20FN. The molecule has 0 aromatic heterocycles. The SMILES string of the molecule is CC(C)(C)N1CCCCC(F)C1. The van der Waals surface area contributed by atoms with Gasteiger partial charge in [0.2, 0.25) is 0 Å². The number of rotatable bonds is 0. The van der Waals surface area contributed by atoms with Gasteiger partial charge >= 0.3 is 0 Å². The molecule has 0 aromatic rings. The van der Waals surface area contributed by atoms with Crippen LogP contribution in [0.25, 0.3) is 0 Å². The highest BCUT2D eigenvalue weighted by atomic mass is 19.1. The Balaban J connectivity index is 2.52. The molecule has 1 heterocycles. The Morgan fingerprint density at radius 3 is 2.50 bits per heavy atom. The van der Waals surface area contributed by atoms with Crippen LogP contribution in [0.15, 0.2) is 0 Å². The van der Waals surface area contributed by atoms with Gasteiger partial charge in [0.15, 0.2) is 0 Å². The van der Waals surface area contributed by atoms with Crippen molar-refractivity contribution in [3.63, 3.8) is 0 Å². The van der Waals surface area contributed by atoms with Crippen molar-refractivity contribution in [2.45, 2.75) is 51.7 Å². The summed E-state index contributed by atoms with van der Waals surface area (Å²) in [5.41, 5.74) is 0.134. The molecule has 1 fully saturated rings. The second-order valence-electron chi connectivity index (χ2n) is 4.71. The second-order valence-corrected chi connectivity index (χ2v) is 4.71. The zero-order valence-electron chi connectivity index (χ0n) is 8.44. The smallest absolute Gasteiger partial charge is 0.113 e. The van der Waals surface area contributed by atoms with Gasteiger partial charge in [-0.1, -0.05) is 0 Å². The molecule has 1 unspecified atom stereocenters. The quantitative estimate of drug-likeness (QED) is 0.544. The monoisotopic (exact) mass is 173 g/mol. The van der Waals surface area contributed by atoms with Crippen LogP contribution in [0.5, 0.6) is 0 Å². The van der Waals surface area contributed by atoms with Crippen molar-refractivity contribution in [2.75, 3.05) is 13.1 Å². The molecular weight excluding hydrogens is 153 g/mol. The molecule has 0 aliphatic carbocycles. The Labute approximate surface area is 74.9 Å². The lowest BCUT2D eigenvalue weighted by Crippen LogP contribution is -2.44. The Hall–Kier alpha value is -0.110. The van der Waals surface area contributed by atoms with Crippen LogP contribution < -0.4 is 0 Å². The summed E-state index contributed by atoms with van der Waals surface area (Å²) in [5.74, 6) is 0. The predicted molar refractivity (Wildman–Crippen MR) is 50.1 cm³/mol. The van der Waals surface area contributed by atoms with Gasteiger partial charge in [0.1, 0.15) is 6.17 Å². The molecule has 1 rings (SSSR count). The molecule has 0 amide bonds. The molecule has 0 saturated carbocycles. The zero-order valence-corrected chi connectivity index (χ0v) is 8.44. The fraction of sp³-hybridized carbons (Fsp3) is 1.00. The van der Waals surface area contributed by atoms with Crippen molar-refractivity contribution in [1.29, 1.82) is 0 Å².